The topological polar surface area (TPSA) is 132 Å². The van der Waals surface area contributed by atoms with Gasteiger partial charge in [0, 0.05) is 25.6 Å². The molecular formula is C52H101N3O8. The first-order valence-electron chi connectivity index (χ1n) is 26.2. The second-order valence-electron chi connectivity index (χ2n) is 19.2. The molecule has 0 bridgehead atoms. The quantitative estimate of drug-likeness (QED) is 0.0349. The normalized spacial score (nSPS) is 12.4. The van der Waals surface area contributed by atoms with Gasteiger partial charge in [0.1, 0.15) is 12.7 Å². The van der Waals surface area contributed by atoms with E-state index in [9.17, 15) is 19.2 Å². The molecule has 2 amide bonds. The summed E-state index contributed by atoms with van der Waals surface area (Å²) in [6, 6.07) is -0.325. The summed E-state index contributed by atoms with van der Waals surface area (Å²) in [7, 11) is 0. The van der Waals surface area contributed by atoms with E-state index in [0.717, 1.165) is 71.0 Å². The molecule has 63 heavy (non-hydrogen) atoms. The Labute approximate surface area is 387 Å². The molecule has 1 unspecified atom stereocenters. The summed E-state index contributed by atoms with van der Waals surface area (Å²) < 4.78 is 22.9. The van der Waals surface area contributed by atoms with Crippen LogP contribution in [0.15, 0.2) is 0 Å². The number of amides is 2. The maximum Gasteiger partial charge on any atom is 0.508 e. The van der Waals surface area contributed by atoms with Crippen molar-refractivity contribution >= 4 is 24.1 Å². The van der Waals surface area contributed by atoms with Gasteiger partial charge < -0.3 is 34.5 Å². The molecule has 1 atom stereocenters. The van der Waals surface area contributed by atoms with E-state index in [1.807, 2.05) is 0 Å². The number of carbonyl (C=O) groups is 4. The molecule has 0 aromatic carbocycles. The molecule has 0 saturated carbocycles. The number of unbranched alkanes of at least 4 members (excludes halogenated alkanes) is 21. The van der Waals surface area contributed by atoms with Crippen molar-refractivity contribution in [2.75, 3.05) is 52.5 Å². The Morgan fingerprint density at radius 2 is 0.921 bits per heavy atom. The van der Waals surface area contributed by atoms with Crippen LogP contribution < -0.4 is 10.6 Å². The highest BCUT2D eigenvalue weighted by atomic mass is 16.7. The van der Waals surface area contributed by atoms with Crippen LogP contribution in [0, 0.1) is 16.7 Å². The second kappa shape index (κ2) is 39.8. The van der Waals surface area contributed by atoms with Gasteiger partial charge in [-0.15, -0.1) is 0 Å². The largest absolute Gasteiger partial charge is 0.508 e. The van der Waals surface area contributed by atoms with Crippen molar-refractivity contribution in [1.29, 1.82) is 0 Å². The summed E-state index contributed by atoms with van der Waals surface area (Å²) in [6.45, 7) is 21.1. The lowest BCUT2D eigenvalue weighted by atomic mass is 9.68. The molecule has 0 aromatic rings. The zero-order valence-corrected chi connectivity index (χ0v) is 42.6. The van der Waals surface area contributed by atoms with Gasteiger partial charge in [0.15, 0.2) is 0 Å². The number of esters is 2. The first-order chi connectivity index (χ1) is 30.3. The molecule has 0 rings (SSSR count). The molecule has 0 heterocycles. The Bertz CT molecular complexity index is 1110. The molecule has 11 nitrogen and oxygen atoms in total. The Kier molecular flexibility index (Phi) is 38.2. The van der Waals surface area contributed by atoms with Crippen LogP contribution >= 0.6 is 0 Å². The molecule has 0 saturated heterocycles. The van der Waals surface area contributed by atoms with Crippen LogP contribution in [0.4, 0.5) is 9.59 Å². The molecule has 372 valence electrons. The van der Waals surface area contributed by atoms with E-state index in [2.05, 4.69) is 50.2 Å². The molecule has 0 spiro atoms. The van der Waals surface area contributed by atoms with E-state index in [4.69, 9.17) is 18.9 Å². The minimum absolute atomic E-state index is 0.108. The first-order valence-corrected chi connectivity index (χ1v) is 26.2. The molecule has 2 N–H and O–H groups in total. The third-order valence-electron chi connectivity index (χ3n) is 13.1. The van der Waals surface area contributed by atoms with Gasteiger partial charge in [0.05, 0.1) is 24.0 Å². The van der Waals surface area contributed by atoms with Crippen LogP contribution in [0.2, 0.25) is 0 Å². The monoisotopic (exact) mass is 896 g/mol. The van der Waals surface area contributed by atoms with Crippen LogP contribution in [-0.2, 0) is 28.5 Å². The van der Waals surface area contributed by atoms with Crippen molar-refractivity contribution in [1.82, 2.24) is 15.5 Å². The smallest absolute Gasteiger partial charge is 0.465 e. The van der Waals surface area contributed by atoms with E-state index in [1.54, 1.807) is 27.7 Å². The van der Waals surface area contributed by atoms with E-state index in [1.165, 1.54) is 116 Å². The Morgan fingerprint density at radius 1 is 0.492 bits per heavy atom. The molecular weight excluding hydrogens is 795 g/mol. The highest BCUT2D eigenvalue weighted by Gasteiger charge is 2.51. The predicted octanol–water partition coefficient (Wildman–Crippen LogP) is 13.5. The number of urea groups is 1. The van der Waals surface area contributed by atoms with Gasteiger partial charge in [-0.3, -0.25) is 9.59 Å². The SMILES string of the molecule is CCCCCCCCCCCCCCNC(=O)NCC(COC(=O)OCCCN(CC)CC)COC(=O)C(C)(C)C(C)(C)C(=O)OC(CCCCCCCC)CCCCCCCC. The fourth-order valence-electron chi connectivity index (χ4n) is 7.59. The number of carbonyl (C=O) groups excluding carboxylic acids is 4. The molecule has 0 aliphatic rings. The number of rotatable bonds is 43. The number of hydrogen-bond donors (Lipinski definition) is 2. The van der Waals surface area contributed by atoms with E-state index in [0.29, 0.717) is 13.0 Å². The molecule has 11 heteroatoms. The van der Waals surface area contributed by atoms with Gasteiger partial charge in [-0.2, -0.15) is 0 Å². The number of nitrogens with one attached hydrogen (secondary N) is 2. The lowest BCUT2D eigenvalue weighted by molar-refractivity contribution is -0.180. The fourth-order valence-corrected chi connectivity index (χ4v) is 7.59. The standard InChI is InChI=1S/C52H101N3O8/c1-10-15-18-21-24-25-26-27-28-29-32-35-39-53-49(58)54-42-45(44-62-50(59)60-41-36-40-55(13-4)14-5)43-61-47(56)51(6,7)52(8,9)48(57)63-46(37-33-30-22-19-16-11-2)38-34-31-23-20-17-12-3/h45-46H,10-44H2,1-9H3,(H2,53,54,58). The van der Waals surface area contributed by atoms with Crippen molar-refractivity contribution in [3.63, 3.8) is 0 Å². The molecule has 0 radical (unpaired) electrons. The fraction of sp³-hybridized carbons (Fsp3) is 0.923. The predicted molar refractivity (Wildman–Crippen MR) is 260 cm³/mol. The summed E-state index contributed by atoms with van der Waals surface area (Å²) in [5.74, 6) is -1.51. The summed E-state index contributed by atoms with van der Waals surface area (Å²) >= 11 is 0. The lowest BCUT2D eigenvalue weighted by Gasteiger charge is -2.38. The minimum Gasteiger partial charge on any atom is -0.465 e. The van der Waals surface area contributed by atoms with Crippen molar-refractivity contribution in [2.24, 2.45) is 16.7 Å². The third kappa shape index (κ3) is 31.1. The van der Waals surface area contributed by atoms with Crippen molar-refractivity contribution < 1.29 is 38.1 Å². The van der Waals surface area contributed by atoms with Crippen LogP contribution in [0.3, 0.4) is 0 Å². The summed E-state index contributed by atoms with van der Waals surface area (Å²) in [5, 5.41) is 5.80. The van der Waals surface area contributed by atoms with Crippen molar-refractivity contribution in [2.45, 2.75) is 242 Å². The van der Waals surface area contributed by atoms with Crippen molar-refractivity contribution in [3.05, 3.63) is 0 Å². The number of hydrogen-bond acceptors (Lipinski definition) is 9. The Balaban J connectivity index is 5.33. The van der Waals surface area contributed by atoms with Crippen LogP contribution in [0.1, 0.15) is 236 Å². The molecule has 0 fully saturated rings. The summed E-state index contributed by atoms with van der Waals surface area (Å²) in [5.41, 5.74) is -2.42. The van der Waals surface area contributed by atoms with Gasteiger partial charge in [-0.05, 0) is 79.3 Å². The van der Waals surface area contributed by atoms with E-state index >= 15 is 0 Å². The second-order valence-corrected chi connectivity index (χ2v) is 19.2. The minimum atomic E-state index is -1.23. The van der Waals surface area contributed by atoms with E-state index < -0.39 is 34.8 Å². The van der Waals surface area contributed by atoms with Crippen LogP contribution in [0.25, 0.3) is 0 Å². The number of nitrogens with zero attached hydrogens (tertiary/aromatic N) is 1. The third-order valence-corrected chi connectivity index (χ3v) is 13.1. The van der Waals surface area contributed by atoms with Crippen molar-refractivity contribution in [3.8, 4) is 0 Å². The number of ether oxygens (including phenoxy) is 4. The highest BCUT2D eigenvalue weighted by Crippen LogP contribution is 2.41. The molecule has 0 aromatic heterocycles. The zero-order valence-electron chi connectivity index (χ0n) is 42.6. The average Bonchev–Trinajstić information content (AvgIpc) is 3.26. The van der Waals surface area contributed by atoms with Crippen LogP contribution in [0.5, 0.6) is 0 Å². The first kappa shape index (κ1) is 60.4. The highest BCUT2D eigenvalue weighted by molar-refractivity contribution is 5.87. The van der Waals surface area contributed by atoms with Gasteiger partial charge in [0.25, 0.3) is 0 Å². The Morgan fingerprint density at radius 3 is 1.40 bits per heavy atom. The van der Waals surface area contributed by atoms with Gasteiger partial charge in [-0.25, -0.2) is 9.59 Å². The summed E-state index contributed by atoms with van der Waals surface area (Å²) in [6.07, 6.45) is 30.4. The lowest BCUT2D eigenvalue weighted by Crippen LogP contribution is -2.48. The maximum absolute atomic E-state index is 13.9. The van der Waals surface area contributed by atoms with Gasteiger partial charge in [0.2, 0.25) is 0 Å². The summed E-state index contributed by atoms with van der Waals surface area (Å²) in [4.78, 5) is 55.3. The Hall–Kier alpha value is -2.56. The van der Waals surface area contributed by atoms with Crippen LogP contribution in [-0.4, -0.2) is 87.7 Å². The zero-order chi connectivity index (χ0) is 47.0. The van der Waals surface area contributed by atoms with Gasteiger partial charge >= 0.3 is 24.1 Å². The maximum atomic E-state index is 13.9. The van der Waals surface area contributed by atoms with Gasteiger partial charge in [-0.1, -0.05) is 169 Å². The van der Waals surface area contributed by atoms with E-state index in [-0.39, 0.29) is 38.5 Å². The molecule has 0 aliphatic carbocycles. The average molecular weight is 896 g/mol. The molecule has 0 aliphatic heterocycles.